The van der Waals surface area contributed by atoms with Crippen molar-refractivity contribution >= 4 is 0 Å². The first-order valence-electron chi connectivity index (χ1n) is 6.11. The van der Waals surface area contributed by atoms with Crippen LogP contribution in [0.15, 0.2) is 18.2 Å². The lowest BCUT2D eigenvalue weighted by atomic mass is 10.0. The van der Waals surface area contributed by atoms with Gasteiger partial charge in [0.15, 0.2) is 11.5 Å². The standard InChI is InChI=1S/C13H16FNO2/c14-13(10-2-1-5-15-10)9-3-4-11-12(8-9)17-7-6-16-11/h3-4,8,10,13,15H,1-2,5-7H2. The van der Waals surface area contributed by atoms with Crippen LogP contribution in [0, 0.1) is 0 Å². The van der Waals surface area contributed by atoms with Gasteiger partial charge in [-0.15, -0.1) is 0 Å². The number of hydrogen-bond donors (Lipinski definition) is 1. The van der Waals surface area contributed by atoms with Crippen LogP contribution in [-0.4, -0.2) is 25.8 Å². The maximum Gasteiger partial charge on any atom is 0.161 e. The third-order valence-corrected chi connectivity index (χ3v) is 3.34. The first-order valence-corrected chi connectivity index (χ1v) is 6.11. The lowest BCUT2D eigenvalue weighted by Gasteiger charge is -2.21. The Morgan fingerprint density at radius 3 is 2.82 bits per heavy atom. The van der Waals surface area contributed by atoms with Crippen molar-refractivity contribution < 1.29 is 13.9 Å². The number of hydrogen-bond acceptors (Lipinski definition) is 3. The molecule has 0 aliphatic carbocycles. The zero-order chi connectivity index (χ0) is 11.7. The molecule has 0 bridgehead atoms. The summed E-state index contributed by atoms with van der Waals surface area (Å²) in [4.78, 5) is 0. The maximum absolute atomic E-state index is 14.3. The second kappa shape index (κ2) is 4.53. The highest BCUT2D eigenvalue weighted by Crippen LogP contribution is 2.35. The van der Waals surface area contributed by atoms with Crippen molar-refractivity contribution in [1.82, 2.24) is 5.32 Å². The van der Waals surface area contributed by atoms with Crippen LogP contribution in [0.4, 0.5) is 4.39 Å². The minimum atomic E-state index is -0.965. The number of halogens is 1. The molecule has 0 aromatic heterocycles. The molecule has 0 radical (unpaired) electrons. The topological polar surface area (TPSA) is 30.5 Å². The van der Waals surface area contributed by atoms with Gasteiger partial charge < -0.3 is 14.8 Å². The van der Waals surface area contributed by atoms with Gasteiger partial charge in [0.1, 0.15) is 19.4 Å². The van der Waals surface area contributed by atoms with E-state index in [9.17, 15) is 4.39 Å². The molecule has 0 spiro atoms. The van der Waals surface area contributed by atoms with E-state index in [1.165, 1.54) is 0 Å². The quantitative estimate of drug-likeness (QED) is 0.855. The van der Waals surface area contributed by atoms with Gasteiger partial charge in [0.05, 0.1) is 0 Å². The molecular formula is C13H16FNO2. The fourth-order valence-electron chi connectivity index (χ4n) is 2.43. The summed E-state index contributed by atoms with van der Waals surface area (Å²) in [5.41, 5.74) is 0.675. The lowest BCUT2D eigenvalue weighted by molar-refractivity contribution is 0.170. The molecule has 3 rings (SSSR count). The minimum Gasteiger partial charge on any atom is -0.486 e. The van der Waals surface area contributed by atoms with Gasteiger partial charge in [-0.3, -0.25) is 0 Å². The molecule has 92 valence electrons. The molecule has 1 saturated heterocycles. The number of rotatable bonds is 2. The molecule has 4 heteroatoms. The molecule has 2 atom stereocenters. The molecule has 1 N–H and O–H groups in total. The van der Waals surface area contributed by atoms with Crippen LogP contribution in [0.1, 0.15) is 24.6 Å². The Balaban J connectivity index is 1.82. The Morgan fingerprint density at radius 1 is 1.24 bits per heavy atom. The van der Waals surface area contributed by atoms with Gasteiger partial charge in [-0.1, -0.05) is 6.07 Å². The number of fused-ring (bicyclic) bond motifs is 1. The Hall–Kier alpha value is -1.29. The maximum atomic E-state index is 14.3. The molecule has 1 aromatic rings. The number of alkyl halides is 1. The van der Waals surface area contributed by atoms with Crippen molar-refractivity contribution in [3.8, 4) is 11.5 Å². The second-order valence-electron chi connectivity index (χ2n) is 4.51. The van der Waals surface area contributed by atoms with Crippen molar-refractivity contribution in [3.63, 3.8) is 0 Å². The van der Waals surface area contributed by atoms with Gasteiger partial charge in [-0.2, -0.15) is 0 Å². The van der Waals surface area contributed by atoms with E-state index in [0.29, 0.717) is 30.3 Å². The minimum absolute atomic E-state index is 0.0578. The van der Waals surface area contributed by atoms with E-state index in [1.54, 1.807) is 18.2 Å². The highest BCUT2D eigenvalue weighted by Gasteiger charge is 2.26. The van der Waals surface area contributed by atoms with E-state index in [-0.39, 0.29) is 6.04 Å². The predicted molar refractivity (Wildman–Crippen MR) is 62.3 cm³/mol. The highest BCUT2D eigenvalue weighted by molar-refractivity contribution is 5.44. The van der Waals surface area contributed by atoms with E-state index < -0.39 is 6.17 Å². The first kappa shape index (κ1) is 10.8. The van der Waals surface area contributed by atoms with E-state index in [2.05, 4.69) is 5.32 Å². The molecule has 2 aliphatic heterocycles. The fourth-order valence-corrected chi connectivity index (χ4v) is 2.43. The summed E-state index contributed by atoms with van der Waals surface area (Å²) < 4.78 is 25.1. The molecule has 2 heterocycles. The third kappa shape index (κ3) is 2.09. The molecule has 17 heavy (non-hydrogen) atoms. The summed E-state index contributed by atoms with van der Waals surface area (Å²) in [7, 11) is 0. The van der Waals surface area contributed by atoms with Crippen LogP contribution < -0.4 is 14.8 Å². The SMILES string of the molecule is FC(c1ccc2c(c1)OCCO2)C1CCCN1. The van der Waals surface area contributed by atoms with Gasteiger partial charge >= 0.3 is 0 Å². The van der Waals surface area contributed by atoms with E-state index >= 15 is 0 Å². The van der Waals surface area contributed by atoms with Crippen molar-refractivity contribution in [1.29, 1.82) is 0 Å². The zero-order valence-corrected chi connectivity index (χ0v) is 9.62. The van der Waals surface area contributed by atoms with Crippen LogP contribution in [0.3, 0.4) is 0 Å². The third-order valence-electron chi connectivity index (χ3n) is 3.34. The van der Waals surface area contributed by atoms with Crippen molar-refractivity contribution in [2.24, 2.45) is 0 Å². The molecule has 2 unspecified atom stereocenters. The van der Waals surface area contributed by atoms with Gasteiger partial charge in [-0.05, 0) is 37.1 Å². The summed E-state index contributed by atoms with van der Waals surface area (Å²) in [5, 5.41) is 3.19. The summed E-state index contributed by atoms with van der Waals surface area (Å²) in [6.07, 6.45) is 0.985. The van der Waals surface area contributed by atoms with Crippen LogP contribution in [0.2, 0.25) is 0 Å². The monoisotopic (exact) mass is 237 g/mol. The van der Waals surface area contributed by atoms with E-state index in [0.717, 1.165) is 19.4 Å². The smallest absolute Gasteiger partial charge is 0.161 e. The summed E-state index contributed by atoms with van der Waals surface area (Å²) in [6.45, 7) is 2.01. The van der Waals surface area contributed by atoms with Crippen LogP contribution in [-0.2, 0) is 0 Å². The molecule has 1 aromatic carbocycles. The van der Waals surface area contributed by atoms with E-state index in [1.807, 2.05) is 0 Å². The number of ether oxygens (including phenoxy) is 2. The van der Waals surface area contributed by atoms with Crippen LogP contribution in [0.5, 0.6) is 11.5 Å². The first-order chi connectivity index (χ1) is 8.34. The Labute approximate surface area is 99.9 Å². The average molecular weight is 237 g/mol. The van der Waals surface area contributed by atoms with Gasteiger partial charge in [0.2, 0.25) is 0 Å². The molecule has 1 fully saturated rings. The average Bonchev–Trinajstić information content (AvgIpc) is 2.91. The summed E-state index contributed by atoms with van der Waals surface area (Å²) >= 11 is 0. The highest BCUT2D eigenvalue weighted by atomic mass is 19.1. The van der Waals surface area contributed by atoms with Gasteiger partial charge in [0.25, 0.3) is 0 Å². The molecule has 0 saturated carbocycles. The number of benzene rings is 1. The Kier molecular flexibility index (Phi) is 2.89. The van der Waals surface area contributed by atoms with Crippen LogP contribution >= 0.6 is 0 Å². The van der Waals surface area contributed by atoms with Crippen molar-refractivity contribution in [2.75, 3.05) is 19.8 Å². The van der Waals surface area contributed by atoms with E-state index in [4.69, 9.17) is 9.47 Å². The summed E-state index contributed by atoms with van der Waals surface area (Å²) in [5.74, 6) is 1.38. The molecule has 2 aliphatic rings. The second-order valence-corrected chi connectivity index (χ2v) is 4.51. The predicted octanol–water partition coefficient (Wildman–Crippen LogP) is 2.22. The fraction of sp³-hybridized carbons (Fsp3) is 0.538. The van der Waals surface area contributed by atoms with Gasteiger partial charge in [-0.25, -0.2) is 4.39 Å². The van der Waals surface area contributed by atoms with Crippen LogP contribution in [0.25, 0.3) is 0 Å². The normalized spacial score (nSPS) is 24.6. The Bertz CT molecular complexity index is 404. The molecule has 3 nitrogen and oxygen atoms in total. The lowest BCUT2D eigenvalue weighted by Crippen LogP contribution is -2.26. The van der Waals surface area contributed by atoms with Crippen molar-refractivity contribution in [2.45, 2.75) is 25.1 Å². The van der Waals surface area contributed by atoms with Crippen molar-refractivity contribution in [3.05, 3.63) is 23.8 Å². The molecular weight excluding hydrogens is 221 g/mol. The zero-order valence-electron chi connectivity index (χ0n) is 9.62. The Morgan fingerprint density at radius 2 is 2.06 bits per heavy atom. The molecule has 0 amide bonds. The number of nitrogens with one attached hydrogen (secondary N) is 1. The largest absolute Gasteiger partial charge is 0.486 e. The summed E-state index contributed by atoms with van der Waals surface area (Å²) in [6, 6.07) is 5.29. The van der Waals surface area contributed by atoms with Gasteiger partial charge in [0, 0.05) is 6.04 Å².